The highest BCUT2D eigenvalue weighted by molar-refractivity contribution is 6.23. The van der Waals surface area contributed by atoms with E-state index in [-0.39, 0.29) is 37.1 Å². The van der Waals surface area contributed by atoms with E-state index in [1.54, 1.807) is 6.07 Å². The summed E-state index contributed by atoms with van der Waals surface area (Å²) in [6, 6.07) is 2.09. The van der Waals surface area contributed by atoms with E-state index in [0.29, 0.717) is 12.0 Å². The van der Waals surface area contributed by atoms with Crippen molar-refractivity contribution in [2.45, 2.75) is 38.8 Å². The molecule has 2 aliphatic heterocycles. The number of carbonyl (C=O) groups is 5. The Morgan fingerprint density at radius 2 is 1.82 bits per heavy atom. The first kappa shape index (κ1) is 19.6. The van der Waals surface area contributed by atoms with Crippen LogP contribution in [0.25, 0.3) is 0 Å². The van der Waals surface area contributed by atoms with Gasteiger partial charge in [0.15, 0.2) is 0 Å². The third-order valence-corrected chi connectivity index (χ3v) is 4.85. The highest BCUT2D eigenvalue weighted by atomic mass is 16.4. The quantitative estimate of drug-likeness (QED) is 0.332. The average molecular weight is 388 g/mol. The molecule has 4 amide bonds. The summed E-state index contributed by atoms with van der Waals surface area (Å²) in [5, 5.41) is 12.1. The van der Waals surface area contributed by atoms with Gasteiger partial charge in [-0.1, -0.05) is 6.92 Å². The molecular weight excluding hydrogens is 368 g/mol. The molecule has 28 heavy (non-hydrogen) atoms. The molecule has 1 atom stereocenters. The molecule has 0 spiro atoms. The lowest BCUT2D eigenvalue weighted by Gasteiger charge is -2.27. The minimum Gasteiger partial charge on any atom is -0.480 e. The number of aliphatic carboxylic acids is 1. The van der Waals surface area contributed by atoms with Crippen LogP contribution in [-0.2, 0) is 27.3 Å². The molecule has 1 fully saturated rings. The molecule has 0 aliphatic carbocycles. The van der Waals surface area contributed by atoms with Crippen LogP contribution in [0.3, 0.4) is 0 Å². The number of rotatable bonds is 6. The predicted molar refractivity (Wildman–Crippen MR) is 94.7 cm³/mol. The first-order chi connectivity index (χ1) is 13.2. The van der Waals surface area contributed by atoms with Gasteiger partial charge in [-0.15, -0.1) is 0 Å². The first-order valence-electron chi connectivity index (χ1n) is 8.81. The number of hydrogen-bond donors (Lipinski definition) is 3. The molecule has 1 unspecified atom stereocenters. The third-order valence-electron chi connectivity index (χ3n) is 4.85. The minimum atomic E-state index is -1.09. The molecular formula is C18H20N4O6. The van der Waals surface area contributed by atoms with E-state index in [2.05, 4.69) is 5.32 Å². The predicted octanol–water partition coefficient (Wildman–Crippen LogP) is -0.589. The molecule has 148 valence electrons. The summed E-state index contributed by atoms with van der Waals surface area (Å²) in [7, 11) is 0. The highest BCUT2D eigenvalue weighted by Crippen LogP contribution is 2.30. The fourth-order valence-electron chi connectivity index (χ4n) is 3.53. The molecule has 2 heterocycles. The van der Waals surface area contributed by atoms with E-state index >= 15 is 0 Å². The van der Waals surface area contributed by atoms with Crippen molar-refractivity contribution in [3.63, 3.8) is 0 Å². The molecule has 3 rings (SSSR count). The number of imide groups is 2. The molecule has 1 aromatic carbocycles. The Balaban J connectivity index is 1.92. The van der Waals surface area contributed by atoms with Crippen molar-refractivity contribution < 1.29 is 29.1 Å². The lowest BCUT2D eigenvalue weighted by atomic mass is 9.97. The fourth-order valence-corrected chi connectivity index (χ4v) is 3.53. The zero-order valence-corrected chi connectivity index (χ0v) is 15.2. The maximum absolute atomic E-state index is 12.9. The molecule has 4 N–H and O–H groups in total. The van der Waals surface area contributed by atoms with Crippen LogP contribution in [0.1, 0.15) is 51.6 Å². The van der Waals surface area contributed by atoms with Crippen LogP contribution in [-0.4, -0.2) is 57.2 Å². The number of carboxylic acid groups (broad SMARTS) is 1. The van der Waals surface area contributed by atoms with Crippen LogP contribution in [0, 0.1) is 0 Å². The van der Waals surface area contributed by atoms with Crippen molar-refractivity contribution in [1.29, 1.82) is 0 Å². The van der Waals surface area contributed by atoms with Crippen molar-refractivity contribution in [2.75, 3.05) is 6.54 Å². The molecule has 0 bridgehead atoms. The number of amides is 4. The molecule has 0 saturated carbocycles. The highest BCUT2D eigenvalue weighted by Gasteiger charge is 2.44. The summed E-state index contributed by atoms with van der Waals surface area (Å²) in [6.07, 6.45) is 0.675. The number of hydrazine groups is 1. The molecule has 1 aromatic rings. The van der Waals surface area contributed by atoms with Gasteiger partial charge in [-0.05, 0) is 36.1 Å². The van der Waals surface area contributed by atoms with Gasteiger partial charge >= 0.3 is 5.97 Å². The van der Waals surface area contributed by atoms with E-state index in [9.17, 15) is 24.0 Å². The normalized spacial score (nSPS) is 19.2. The SMILES string of the molecule is CCc1cc2c(cc1CN(N)CC(=O)O)C(=O)N(C1CCC(=O)NC1=O)C2=O. The van der Waals surface area contributed by atoms with Crippen molar-refractivity contribution in [3.8, 4) is 0 Å². The Bertz CT molecular complexity index is 896. The maximum Gasteiger partial charge on any atom is 0.319 e. The molecule has 0 aromatic heterocycles. The Kier molecular flexibility index (Phi) is 5.25. The number of hydrogen-bond acceptors (Lipinski definition) is 7. The van der Waals surface area contributed by atoms with E-state index < -0.39 is 35.6 Å². The van der Waals surface area contributed by atoms with Crippen LogP contribution in [0.4, 0.5) is 0 Å². The second-order valence-corrected chi connectivity index (χ2v) is 6.77. The number of nitrogens with zero attached hydrogens (tertiary/aromatic N) is 2. The number of carbonyl (C=O) groups excluding carboxylic acids is 4. The van der Waals surface area contributed by atoms with Gasteiger partial charge in [0.25, 0.3) is 11.8 Å². The zero-order chi connectivity index (χ0) is 20.6. The Morgan fingerprint density at radius 1 is 1.21 bits per heavy atom. The van der Waals surface area contributed by atoms with Crippen LogP contribution in [0.15, 0.2) is 12.1 Å². The smallest absolute Gasteiger partial charge is 0.319 e. The van der Waals surface area contributed by atoms with Gasteiger partial charge in [-0.3, -0.25) is 40.0 Å². The monoisotopic (exact) mass is 388 g/mol. The molecule has 0 radical (unpaired) electrons. The largest absolute Gasteiger partial charge is 0.480 e. The second kappa shape index (κ2) is 7.49. The lowest BCUT2D eigenvalue weighted by molar-refractivity contribution is -0.139. The van der Waals surface area contributed by atoms with Crippen molar-refractivity contribution in [3.05, 3.63) is 34.4 Å². The standard InChI is InChI=1S/C18H20N4O6/c1-2-9-5-11-12(6-10(9)7-21(19)8-15(24)25)18(28)22(17(11)27)13-3-4-14(23)20-16(13)26/h5-6,13H,2-4,7-8,19H2,1H3,(H,24,25)(H,20,23,26). The van der Waals surface area contributed by atoms with E-state index in [0.717, 1.165) is 15.5 Å². The average Bonchev–Trinajstić information content (AvgIpc) is 2.84. The lowest BCUT2D eigenvalue weighted by Crippen LogP contribution is -2.54. The van der Waals surface area contributed by atoms with Gasteiger partial charge in [0.05, 0.1) is 11.1 Å². The Labute approximate surface area is 160 Å². The summed E-state index contributed by atoms with van der Waals surface area (Å²) in [5.74, 6) is 2.34. The molecule has 2 aliphatic rings. The zero-order valence-electron chi connectivity index (χ0n) is 15.2. The summed E-state index contributed by atoms with van der Waals surface area (Å²) >= 11 is 0. The van der Waals surface area contributed by atoms with Gasteiger partial charge in [0.2, 0.25) is 11.8 Å². The second-order valence-electron chi connectivity index (χ2n) is 6.77. The number of nitrogens with two attached hydrogens (primary N) is 1. The van der Waals surface area contributed by atoms with E-state index in [1.165, 1.54) is 6.07 Å². The fraction of sp³-hybridized carbons (Fsp3) is 0.389. The maximum atomic E-state index is 12.9. The van der Waals surface area contributed by atoms with Gasteiger partial charge < -0.3 is 5.11 Å². The van der Waals surface area contributed by atoms with Crippen LogP contribution in [0.5, 0.6) is 0 Å². The number of benzene rings is 1. The number of nitrogens with one attached hydrogen (secondary N) is 1. The Hall–Kier alpha value is -3.11. The number of aryl methyl sites for hydroxylation is 1. The van der Waals surface area contributed by atoms with Crippen molar-refractivity contribution >= 4 is 29.6 Å². The van der Waals surface area contributed by atoms with Gasteiger partial charge in [0, 0.05) is 13.0 Å². The molecule has 10 nitrogen and oxygen atoms in total. The summed E-state index contributed by atoms with van der Waals surface area (Å²) < 4.78 is 0. The Morgan fingerprint density at radius 3 is 2.36 bits per heavy atom. The van der Waals surface area contributed by atoms with Crippen molar-refractivity contribution in [2.24, 2.45) is 5.84 Å². The van der Waals surface area contributed by atoms with Crippen LogP contribution in [0.2, 0.25) is 0 Å². The summed E-state index contributed by atoms with van der Waals surface area (Å²) in [6.45, 7) is 1.57. The first-order valence-corrected chi connectivity index (χ1v) is 8.81. The minimum absolute atomic E-state index is 0.0482. The number of piperidine rings is 1. The number of carboxylic acids is 1. The summed E-state index contributed by atoms with van der Waals surface area (Å²) in [5.41, 5.74) is 1.73. The summed E-state index contributed by atoms with van der Waals surface area (Å²) in [4.78, 5) is 60.8. The van der Waals surface area contributed by atoms with Crippen LogP contribution >= 0.6 is 0 Å². The molecule has 10 heteroatoms. The van der Waals surface area contributed by atoms with E-state index in [4.69, 9.17) is 10.9 Å². The molecule has 1 saturated heterocycles. The van der Waals surface area contributed by atoms with Crippen molar-refractivity contribution in [1.82, 2.24) is 15.2 Å². The topological polar surface area (TPSA) is 150 Å². The third kappa shape index (κ3) is 3.51. The van der Waals surface area contributed by atoms with E-state index in [1.807, 2.05) is 6.92 Å². The van der Waals surface area contributed by atoms with Gasteiger partial charge in [0.1, 0.15) is 12.6 Å². The van der Waals surface area contributed by atoms with Gasteiger partial charge in [-0.2, -0.15) is 0 Å². The van der Waals surface area contributed by atoms with Crippen LogP contribution < -0.4 is 11.2 Å². The van der Waals surface area contributed by atoms with Gasteiger partial charge in [-0.25, -0.2) is 5.01 Å². The number of fused-ring (bicyclic) bond motifs is 1.